The third kappa shape index (κ3) is 3.97. The number of rotatable bonds is 4. The van der Waals surface area contributed by atoms with Gasteiger partial charge in [-0.1, -0.05) is 23.7 Å². The molecule has 1 atom stereocenters. The lowest BCUT2D eigenvalue weighted by molar-refractivity contribution is -0.126. The molecule has 1 saturated carbocycles. The molecule has 0 radical (unpaired) electrons. The molecule has 1 aliphatic carbocycles. The van der Waals surface area contributed by atoms with Crippen molar-refractivity contribution in [3.63, 3.8) is 0 Å². The van der Waals surface area contributed by atoms with Gasteiger partial charge in [0.05, 0.1) is 6.04 Å². The molecule has 3 N–H and O–H groups in total. The topological polar surface area (TPSA) is 55.1 Å². The maximum Gasteiger partial charge on any atom is 0.223 e. The first-order valence-electron chi connectivity index (χ1n) is 7.36. The zero-order valence-corrected chi connectivity index (χ0v) is 12.7. The zero-order valence-electron chi connectivity index (χ0n) is 11.9. The molecule has 0 saturated heterocycles. The Kier molecular flexibility index (Phi) is 5.44. The summed E-state index contributed by atoms with van der Waals surface area (Å²) in [5, 5.41) is 3.80. The summed E-state index contributed by atoms with van der Waals surface area (Å²) in [6, 6.07) is 7.63. The molecule has 2 rings (SSSR count). The molecular formula is C16H23ClN2O. The third-order valence-corrected chi connectivity index (χ3v) is 4.49. The maximum absolute atomic E-state index is 12.3. The number of amides is 1. The van der Waals surface area contributed by atoms with Crippen molar-refractivity contribution in [2.24, 2.45) is 17.6 Å². The van der Waals surface area contributed by atoms with Gasteiger partial charge in [0.25, 0.3) is 0 Å². The number of benzene rings is 1. The van der Waals surface area contributed by atoms with Crippen LogP contribution in [0.2, 0.25) is 5.02 Å². The zero-order chi connectivity index (χ0) is 14.5. The lowest BCUT2D eigenvalue weighted by atomic mass is 9.81. The highest BCUT2D eigenvalue weighted by Crippen LogP contribution is 2.29. The smallest absolute Gasteiger partial charge is 0.223 e. The SMILES string of the molecule is CC(NC(=O)C1CCC(CN)CC1)c1cccc(Cl)c1. The Labute approximate surface area is 125 Å². The molecular weight excluding hydrogens is 272 g/mol. The second-order valence-corrected chi connectivity index (χ2v) is 6.18. The first kappa shape index (κ1) is 15.3. The predicted octanol–water partition coefficient (Wildman–Crippen LogP) is 3.28. The Morgan fingerprint density at radius 2 is 2.10 bits per heavy atom. The Morgan fingerprint density at radius 1 is 1.40 bits per heavy atom. The summed E-state index contributed by atoms with van der Waals surface area (Å²) in [7, 11) is 0. The van der Waals surface area contributed by atoms with Gasteiger partial charge < -0.3 is 11.1 Å². The summed E-state index contributed by atoms with van der Waals surface area (Å²) in [6.07, 6.45) is 4.05. The Bertz CT molecular complexity index is 456. The molecule has 0 aromatic heterocycles. The van der Waals surface area contributed by atoms with Crippen molar-refractivity contribution in [2.45, 2.75) is 38.6 Å². The highest BCUT2D eigenvalue weighted by atomic mass is 35.5. The van der Waals surface area contributed by atoms with E-state index >= 15 is 0 Å². The van der Waals surface area contributed by atoms with Crippen LogP contribution in [-0.2, 0) is 4.79 Å². The monoisotopic (exact) mass is 294 g/mol. The van der Waals surface area contributed by atoms with Crippen molar-refractivity contribution < 1.29 is 4.79 Å². The largest absolute Gasteiger partial charge is 0.349 e. The van der Waals surface area contributed by atoms with Crippen LogP contribution in [0.1, 0.15) is 44.2 Å². The average molecular weight is 295 g/mol. The minimum Gasteiger partial charge on any atom is -0.349 e. The van der Waals surface area contributed by atoms with Crippen LogP contribution >= 0.6 is 11.6 Å². The van der Waals surface area contributed by atoms with E-state index in [0.717, 1.165) is 37.8 Å². The van der Waals surface area contributed by atoms with Gasteiger partial charge in [-0.15, -0.1) is 0 Å². The molecule has 4 heteroatoms. The number of hydrogen-bond donors (Lipinski definition) is 2. The lowest BCUT2D eigenvalue weighted by Crippen LogP contribution is -2.35. The van der Waals surface area contributed by atoms with E-state index in [-0.39, 0.29) is 17.9 Å². The minimum atomic E-state index is -0.00608. The Balaban J connectivity index is 1.88. The summed E-state index contributed by atoms with van der Waals surface area (Å²) < 4.78 is 0. The van der Waals surface area contributed by atoms with E-state index < -0.39 is 0 Å². The predicted molar refractivity (Wildman–Crippen MR) is 82.5 cm³/mol. The average Bonchev–Trinajstić information content (AvgIpc) is 2.47. The normalized spacial score (nSPS) is 24.1. The molecule has 0 aliphatic heterocycles. The van der Waals surface area contributed by atoms with Gasteiger partial charge in [0.15, 0.2) is 0 Å². The summed E-state index contributed by atoms with van der Waals surface area (Å²) >= 11 is 5.98. The van der Waals surface area contributed by atoms with Crippen LogP contribution < -0.4 is 11.1 Å². The van der Waals surface area contributed by atoms with E-state index in [1.165, 1.54) is 0 Å². The highest BCUT2D eigenvalue weighted by Gasteiger charge is 2.26. The van der Waals surface area contributed by atoms with Crippen molar-refractivity contribution >= 4 is 17.5 Å². The van der Waals surface area contributed by atoms with Gasteiger partial charge in [0.2, 0.25) is 5.91 Å². The number of nitrogens with two attached hydrogens (primary N) is 1. The second kappa shape index (κ2) is 7.09. The van der Waals surface area contributed by atoms with E-state index in [4.69, 9.17) is 17.3 Å². The summed E-state index contributed by atoms with van der Waals surface area (Å²) in [5.41, 5.74) is 6.73. The van der Waals surface area contributed by atoms with E-state index in [2.05, 4.69) is 5.32 Å². The Hall–Kier alpha value is -1.06. The fraction of sp³-hybridized carbons (Fsp3) is 0.562. The second-order valence-electron chi connectivity index (χ2n) is 5.74. The van der Waals surface area contributed by atoms with E-state index in [9.17, 15) is 4.79 Å². The quantitative estimate of drug-likeness (QED) is 0.895. The van der Waals surface area contributed by atoms with Gasteiger partial charge in [0.1, 0.15) is 0 Å². The molecule has 0 spiro atoms. The summed E-state index contributed by atoms with van der Waals surface area (Å²) in [4.78, 5) is 12.3. The molecule has 110 valence electrons. The molecule has 1 aromatic carbocycles. The number of carbonyl (C=O) groups is 1. The van der Waals surface area contributed by atoms with Crippen molar-refractivity contribution in [2.75, 3.05) is 6.54 Å². The van der Waals surface area contributed by atoms with E-state index in [1.54, 1.807) is 0 Å². The Morgan fingerprint density at radius 3 is 2.70 bits per heavy atom. The molecule has 3 nitrogen and oxygen atoms in total. The van der Waals surface area contributed by atoms with Crippen LogP contribution in [0.3, 0.4) is 0 Å². The van der Waals surface area contributed by atoms with Crippen LogP contribution in [0.5, 0.6) is 0 Å². The molecule has 1 aliphatic rings. The maximum atomic E-state index is 12.3. The fourth-order valence-electron chi connectivity index (χ4n) is 2.85. The number of hydrogen-bond acceptors (Lipinski definition) is 2. The van der Waals surface area contributed by atoms with Gasteiger partial charge in [0, 0.05) is 10.9 Å². The standard InChI is InChI=1S/C16H23ClN2O/c1-11(14-3-2-4-15(17)9-14)19-16(20)13-7-5-12(10-18)6-8-13/h2-4,9,11-13H,5-8,10,18H2,1H3,(H,19,20). The van der Waals surface area contributed by atoms with Crippen LogP contribution in [0, 0.1) is 11.8 Å². The number of halogens is 1. The third-order valence-electron chi connectivity index (χ3n) is 4.26. The van der Waals surface area contributed by atoms with E-state index in [0.29, 0.717) is 10.9 Å². The number of carbonyl (C=O) groups excluding carboxylic acids is 1. The minimum absolute atomic E-state index is 0.00608. The molecule has 1 aromatic rings. The van der Waals surface area contributed by atoms with Gasteiger partial charge in [-0.25, -0.2) is 0 Å². The molecule has 1 unspecified atom stereocenters. The summed E-state index contributed by atoms with van der Waals surface area (Å²) in [5.74, 6) is 0.900. The van der Waals surface area contributed by atoms with Gasteiger partial charge in [-0.3, -0.25) is 4.79 Å². The molecule has 0 heterocycles. The molecule has 0 bridgehead atoms. The van der Waals surface area contributed by atoms with E-state index in [1.807, 2.05) is 31.2 Å². The fourth-order valence-corrected chi connectivity index (χ4v) is 3.05. The first-order valence-corrected chi connectivity index (χ1v) is 7.74. The first-order chi connectivity index (χ1) is 9.60. The van der Waals surface area contributed by atoms with Crippen LogP contribution in [-0.4, -0.2) is 12.5 Å². The molecule has 1 amide bonds. The van der Waals surface area contributed by atoms with Crippen LogP contribution in [0.15, 0.2) is 24.3 Å². The van der Waals surface area contributed by atoms with Crippen LogP contribution in [0.4, 0.5) is 0 Å². The molecule has 20 heavy (non-hydrogen) atoms. The van der Waals surface area contributed by atoms with Gasteiger partial charge in [-0.2, -0.15) is 0 Å². The van der Waals surface area contributed by atoms with Gasteiger partial charge >= 0.3 is 0 Å². The van der Waals surface area contributed by atoms with Crippen molar-refractivity contribution in [3.05, 3.63) is 34.9 Å². The van der Waals surface area contributed by atoms with Crippen molar-refractivity contribution in [1.29, 1.82) is 0 Å². The highest BCUT2D eigenvalue weighted by molar-refractivity contribution is 6.30. The molecule has 1 fully saturated rings. The number of nitrogens with one attached hydrogen (secondary N) is 1. The lowest BCUT2D eigenvalue weighted by Gasteiger charge is -2.28. The van der Waals surface area contributed by atoms with Crippen molar-refractivity contribution in [3.8, 4) is 0 Å². The van der Waals surface area contributed by atoms with Crippen molar-refractivity contribution in [1.82, 2.24) is 5.32 Å². The van der Waals surface area contributed by atoms with Gasteiger partial charge in [-0.05, 0) is 62.8 Å². The van der Waals surface area contributed by atoms with Crippen LogP contribution in [0.25, 0.3) is 0 Å². The summed E-state index contributed by atoms with van der Waals surface area (Å²) in [6.45, 7) is 2.74.